The lowest BCUT2D eigenvalue weighted by Crippen LogP contribution is -2.43. The molecule has 98 valence electrons. The molecule has 1 atom stereocenters. The highest BCUT2D eigenvalue weighted by Gasteiger charge is 2.04. The van der Waals surface area contributed by atoms with Crippen LogP contribution in [0.4, 0.5) is 5.69 Å². The van der Waals surface area contributed by atoms with Crippen LogP contribution in [0.25, 0.3) is 0 Å². The number of hydrazine groups is 1. The van der Waals surface area contributed by atoms with Crippen molar-refractivity contribution in [3.63, 3.8) is 0 Å². The number of anilines is 1. The third-order valence-electron chi connectivity index (χ3n) is 2.14. The number of aliphatic hydroxyl groups excluding tert-OH is 1. The number of thiocarbonyl (C=S) groups is 1. The van der Waals surface area contributed by atoms with Crippen molar-refractivity contribution < 1.29 is 9.90 Å². The Bertz CT molecular complexity index is 396. The zero-order valence-corrected chi connectivity index (χ0v) is 11.0. The van der Waals surface area contributed by atoms with E-state index in [2.05, 4.69) is 16.2 Å². The highest BCUT2D eigenvalue weighted by molar-refractivity contribution is 7.80. The molecule has 1 aromatic rings. The number of carbonyl (C=O) groups is 1. The Labute approximate surface area is 112 Å². The average Bonchev–Trinajstić information content (AvgIpc) is 2.35. The van der Waals surface area contributed by atoms with Gasteiger partial charge in [-0.25, -0.2) is 0 Å². The van der Waals surface area contributed by atoms with Crippen molar-refractivity contribution >= 4 is 28.9 Å². The van der Waals surface area contributed by atoms with Crippen molar-refractivity contribution in [3.8, 4) is 0 Å². The predicted molar refractivity (Wildman–Crippen MR) is 74.9 cm³/mol. The summed E-state index contributed by atoms with van der Waals surface area (Å²) in [5.74, 6) is -0.215. The van der Waals surface area contributed by atoms with E-state index >= 15 is 0 Å². The SMILES string of the molecule is C[C@@H](O)CCC(=O)NNC(=S)Nc1ccccc1. The molecule has 1 aromatic carbocycles. The van der Waals surface area contributed by atoms with Crippen molar-refractivity contribution in [3.05, 3.63) is 30.3 Å². The fourth-order valence-electron chi connectivity index (χ4n) is 1.21. The van der Waals surface area contributed by atoms with Gasteiger partial charge in [0, 0.05) is 12.1 Å². The van der Waals surface area contributed by atoms with E-state index in [1.807, 2.05) is 30.3 Å². The number of benzene rings is 1. The minimum absolute atomic E-state index is 0.215. The van der Waals surface area contributed by atoms with Gasteiger partial charge in [-0.1, -0.05) is 18.2 Å². The first-order valence-corrected chi connectivity index (χ1v) is 6.07. The second-order valence-electron chi connectivity index (χ2n) is 3.88. The van der Waals surface area contributed by atoms with E-state index in [1.165, 1.54) is 0 Å². The number of hydrogen-bond acceptors (Lipinski definition) is 3. The number of carbonyl (C=O) groups excluding carboxylic acids is 1. The van der Waals surface area contributed by atoms with Crippen LogP contribution in [-0.2, 0) is 4.79 Å². The van der Waals surface area contributed by atoms with Crippen LogP contribution >= 0.6 is 12.2 Å². The summed E-state index contributed by atoms with van der Waals surface area (Å²) < 4.78 is 0. The molecule has 6 heteroatoms. The third-order valence-corrected chi connectivity index (χ3v) is 2.34. The van der Waals surface area contributed by atoms with Crippen LogP contribution in [0.2, 0.25) is 0 Å². The van der Waals surface area contributed by atoms with Crippen LogP contribution in [0.3, 0.4) is 0 Å². The summed E-state index contributed by atoms with van der Waals surface area (Å²) in [7, 11) is 0. The summed E-state index contributed by atoms with van der Waals surface area (Å²) in [6.45, 7) is 1.64. The van der Waals surface area contributed by atoms with Gasteiger partial charge in [0.1, 0.15) is 0 Å². The molecule has 0 aliphatic heterocycles. The lowest BCUT2D eigenvalue weighted by molar-refractivity contribution is -0.122. The van der Waals surface area contributed by atoms with Crippen LogP contribution in [0, 0.1) is 0 Å². The Morgan fingerprint density at radius 2 is 2.00 bits per heavy atom. The van der Waals surface area contributed by atoms with Gasteiger partial charge >= 0.3 is 0 Å². The van der Waals surface area contributed by atoms with Gasteiger partial charge in [0.2, 0.25) is 5.91 Å². The largest absolute Gasteiger partial charge is 0.393 e. The van der Waals surface area contributed by atoms with Gasteiger partial charge in [0.25, 0.3) is 0 Å². The Hall–Kier alpha value is -1.66. The number of nitrogens with one attached hydrogen (secondary N) is 3. The molecule has 0 aliphatic carbocycles. The summed E-state index contributed by atoms with van der Waals surface area (Å²) in [6, 6.07) is 9.39. The molecule has 0 fully saturated rings. The first kappa shape index (κ1) is 14.4. The Morgan fingerprint density at radius 1 is 1.33 bits per heavy atom. The summed E-state index contributed by atoms with van der Waals surface area (Å²) in [4.78, 5) is 11.3. The molecule has 0 saturated carbocycles. The van der Waals surface area contributed by atoms with Crippen LogP contribution < -0.4 is 16.2 Å². The number of amides is 1. The second kappa shape index (κ2) is 7.62. The Morgan fingerprint density at radius 3 is 2.61 bits per heavy atom. The first-order chi connectivity index (χ1) is 8.58. The molecule has 0 unspecified atom stereocenters. The molecule has 0 saturated heterocycles. The average molecular weight is 267 g/mol. The number of hydrogen-bond donors (Lipinski definition) is 4. The van der Waals surface area contributed by atoms with Crippen molar-refractivity contribution in [2.45, 2.75) is 25.9 Å². The summed E-state index contributed by atoms with van der Waals surface area (Å²) in [5, 5.41) is 12.3. The van der Waals surface area contributed by atoms with Crippen LogP contribution in [0.15, 0.2) is 30.3 Å². The molecule has 1 rings (SSSR count). The van der Waals surface area contributed by atoms with Gasteiger partial charge < -0.3 is 10.4 Å². The maximum absolute atomic E-state index is 11.3. The fraction of sp³-hybridized carbons (Fsp3) is 0.333. The molecule has 0 spiro atoms. The van der Waals surface area contributed by atoms with Gasteiger partial charge in [0.15, 0.2) is 5.11 Å². The van der Waals surface area contributed by atoms with E-state index in [0.29, 0.717) is 11.5 Å². The van der Waals surface area contributed by atoms with E-state index in [-0.39, 0.29) is 12.3 Å². The number of para-hydroxylation sites is 1. The molecule has 0 aliphatic rings. The van der Waals surface area contributed by atoms with Crippen molar-refractivity contribution in [2.75, 3.05) is 5.32 Å². The molecular formula is C12H17N3O2S. The minimum Gasteiger partial charge on any atom is -0.393 e. The van der Waals surface area contributed by atoms with Gasteiger partial charge in [0.05, 0.1) is 6.10 Å². The first-order valence-electron chi connectivity index (χ1n) is 5.67. The highest BCUT2D eigenvalue weighted by Crippen LogP contribution is 2.03. The Balaban J connectivity index is 2.23. The van der Waals surface area contributed by atoms with Crippen molar-refractivity contribution in [2.24, 2.45) is 0 Å². The molecule has 1 amide bonds. The summed E-state index contributed by atoms with van der Waals surface area (Å²) in [5.41, 5.74) is 5.89. The standard InChI is InChI=1S/C12H17N3O2S/c1-9(16)7-8-11(17)14-15-12(18)13-10-5-3-2-4-6-10/h2-6,9,16H,7-8H2,1H3,(H,14,17)(H2,13,15,18)/t9-/m1/s1. The topological polar surface area (TPSA) is 73.4 Å². The van der Waals surface area contributed by atoms with Gasteiger partial charge in [-0.05, 0) is 37.7 Å². The molecule has 0 bridgehead atoms. The van der Waals surface area contributed by atoms with Crippen molar-refractivity contribution in [1.82, 2.24) is 10.9 Å². The number of aliphatic hydroxyl groups is 1. The second-order valence-corrected chi connectivity index (χ2v) is 4.29. The van der Waals surface area contributed by atoms with Gasteiger partial charge in [-0.2, -0.15) is 0 Å². The van der Waals surface area contributed by atoms with E-state index < -0.39 is 6.10 Å². The third kappa shape index (κ3) is 6.17. The number of rotatable bonds is 4. The van der Waals surface area contributed by atoms with Crippen molar-refractivity contribution in [1.29, 1.82) is 0 Å². The monoisotopic (exact) mass is 267 g/mol. The molecule has 5 nitrogen and oxygen atoms in total. The van der Waals surface area contributed by atoms with Gasteiger partial charge in [-0.15, -0.1) is 0 Å². The molecule has 0 heterocycles. The van der Waals surface area contributed by atoms with E-state index in [4.69, 9.17) is 17.3 Å². The van der Waals surface area contributed by atoms with Crippen LogP contribution in [0.5, 0.6) is 0 Å². The normalized spacial score (nSPS) is 11.4. The van der Waals surface area contributed by atoms with E-state index in [0.717, 1.165) is 5.69 Å². The zero-order valence-electron chi connectivity index (χ0n) is 10.1. The van der Waals surface area contributed by atoms with Crippen LogP contribution in [-0.4, -0.2) is 22.2 Å². The maximum Gasteiger partial charge on any atom is 0.238 e. The predicted octanol–water partition coefficient (Wildman–Crippen LogP) is 1.17. The summed E-state index contributed by atoms with van der Waals surface area (Å²) in [6.07, 6.45) is 0.190. The van der Waals surface area contributed by atoms with Gasteiger partial charge in [-0.3, -0.25) is 15.6 Å². The maximum atomic E-state index is 11.3. The zero-order chi connectivity index (χ0) is 13.4. The lowest BCUT2D eigenvalue weighted by Gasteiger charge is -2.11. The molecular weight excluding hydrogens is 250 g/mol. The smallest absolute Gasteiger partial charge is 0.238 e. The fourth-order valence-corrected chi connectivity index (χ4v) is 1.38. The molecule has 0 radical (unpaired) electrons. The van der Waals surface area contributed by atoms with Crippen LogP contribution in [0.1, 0.15) is 19.8 Å². The van der Waals surface area contributed by atoms with E-state index in [1.54, 1.807) is 6.92 Å². The minimum atomic E-state index is -0.481. The lowest BCUT2D eigenvalue weighted by atomic mass is 10.2. The Kier molecular flexibility index (Phi) is 6.10. The summed E-state index contributed by atoms with van der Waals surface area (Å²) >= 11 is 5.00. The van der Waals surface area contributed by atoms with E-state index in [9.17, 15) is 4.79 Å². The quantitative estimate of drug-likeness (QED) is 0.487. The molecule has 18 heavy (non-hydrogen) atoms. The molecule has 0 aromatic heterocycles. The molecule has 4 N–H and O–H groups in total. The highest BCUT2D eigenvalue weighted by atomic mass is 32.1.